The molecule has 0 bridgehead atoms. The summed E-state index contributed by atoms with van der Waals surface area (Å²) in [6.45, 7) is 2.31. The van der Waals surface area contributed by atoms with Crippen LogP contribution in [-0.2, 0) is 6.42 Å². The zero-order valence-electron chi connectivity index (χ0n) is 13.8. The second-order valence-electron chi connectivity index (χ2n) is 6.71. The van der Waals surface area contributed by atoms with Gasteiger partial charge in [0.05, 0.1) is 13.2 Å². The summed E-state index contributed by atoms with van der Waals surface area (Å²) in [5.41, 5.74) is 0.986. The third-order valence-electron chi connectivity index (χ3n) is 5.26. The summed E-state index contributed by atoms with van der Waals surface area (Å²) in [5.74, 6) is 1.64. The van der Waals surface area contributed by atoms with Gasteiger partial charge in [-0.1, -0.05) is 25.1 Å². The first kappa shape index (κ1) is 16.3. The van der Waals surface area contributed by atoms with Crippen LogP contribution in [0, 0.1) is 5.92 Å². The lowest BCUT2D eigenvalue weighted by atomic mass is 9.72. The fourth-order valence-electron chi connectivity index (χ4n) is 3.61. The van der Waals surface area contributed by atoms with E-state index in [1.165, 1.54) is 12.8 Å². The van der Waals surface area contributed by atoms with E-state index in [0.717, 1.165) is 30.1 Å². The molecule has 21 heavy (non-hydrogen) atoms. The number of benzene rings is 1. The average molecular weight is 291 g/mol. The molecule has 0 aliphatic heterocycles. The fourth-order valence-corrected chi connectivity index (χ4v) is 3.61. The predicted molar refractivity (Wildman–Crippen MR) is 86.8 cm³/mol. The third-order valence-corrected chi connectivity index (χ3v) is 5.26. The first-order valence-electron chi connectivity index (χ1n) is 7.97. The van der Waals surface area contributed by atoms with Gasteiger partial charge < -0.3 is 14.7 Å². The quantitative estimate of drug-likeness (QED) is 0.905. The minimum Gasteiger partial charge on any atom is -0.496 e. The van der Waals surface area contributed by atoms with Crippen LogP contribution >= 0.6 is 0 Å². The van der Waals surface area contributed by atoms with E-state index in [4.69, 9.17) is 4.74 Å². The van der Waals surface area contributed by atoms with Gasteiger partial charge in [0, 0.05) is 12.0 Å². The molecule has 1 aliphatic carbocycles. The summed E-state index contributed by atoms with van der Waals surface area (Å²) in [7, 11) is 5.89. The molecule has 1 fully saturated rings. The standard InChI is InChI=1S/C18H29NO2/c1-14-9-11-18(12-10-14,19(2)3)17(20)13-15-7-5-6-8-16(15)21-4/h5-8,14,17,20H,9-13H2,1-4H3. The van der Waals surface area contributed by atoms with E-state index in [1.54, 1.807) is 7.11 Å². The topological polar surface area (TPSA) is 32.7 Å². The molecule has 0 aromatic heterocycles. The van der Waals surface area contributed by atoms with Crippen LogP contribution in [0.2, 0.25) is 0 Å². The lowest BCUT2D eigenvalue weighted by molar-refractivity contribution is -0.0384. The maximum Gasteiger partial charge on any atom is 0.122 e. The van der Waals surface area contributed by atoms with Gasteiger partial charge in [-0.15, -0.1) is 0 Å². The molecule has 1 aromatic carbocycles. The minimum absolute atomic E-state index is 0.104. The second-order valence-corrected chi connectivity index (χ2v) is 6.71. The number of aliphatic hydroxyl groups excluding tert-OH is 1. The van der Waals surface area contributed by atoms with Gasteiger partial charge in [0.25, 0.3) is 0 Å². The molecule has 1 unspecified atom stereocenters. The first-order valence-corrected chi connectivity index (χ1v) is 7.97. The highest BCUT2D eigenvalue weighted by Gasteiger charge is 2.42. The Balaban J connectivity index is 2.18. The van der Waals surface area contributed by atoms with E-state index in [2.05, 4.69) is 32.0 Å². The normalized spacial score (nSPS) is 27.6. The molecule has 3 nitrogen and oxygen atoms in total. The van der Waals surface area contributed by atoms with Crippen LogP contribution in [-0.4, -0.2) is 42.9 Å². The molecule has 0 amide bonds. The molecule has 1 aromatic rings. The summed E-state index contributed by atoms with van der Waals surface area (Å²) in [5, 5.41) is 11.0. The largest absolute Gasteiger partial charge is 0.496 e. The highest BCUT2D eigenvalue weighted by atomic mass is 16.5. The van der Waals surface area contributed by atoms with Crippen LogP contribution in [0.4, 0.5) is 0 Å². The van der Waals surface area contributed by atoms with E-state index >= 15 is 0 Å². The zero-order valence-corrected chi connectivity index (χ0v) is 13.8. The van der Waals surface area contributed by atoms with Crippen LogP contribution in [0.25, 0.3) is 0 Å². The van der Waals surface area contributed by atoms with Gasteiger partial charge in [-0.3, -0.25) is 0 Å². The van der Waals surface area contributed by atoms with E-state index in [9.17, 15) is 5.11 Å². The first-order chi connectivity index (χ1) is 9.99. The van der Waals surface area contributed by atoms with Gasteiger partial charge in [-0.2, -0.15) is 0 Å². The van der Waals surface area contributed by atoms with Gasteiger partial charge >= 0.3 is 0 Å². The van der Waals surface area contributed by atoms with Gasteiger partial charge in [0.2, 0.25) is 0 Å². The van der Waals surface area contributed by atoms with Crippen molar-refractivity contribution >= 4 is 0 Å². The van der Waals surface area contributed by atoms with E-state index < -0.39 is 0 Å². The van der Waals surface area contributed by atoms with Crippen molar-refractivity contribution in [1.29, 1.82) is 0 Å². The monoisotopic (exact) mass is 291 g/mol. The summed E-state index contributed by atoms with van der Waals surface area (Å²) in [6, 6.07) is 8.00. The Morgan fingerprint density at radius 3 is 2.48 bits per heavy atom. The number of ether oxygens (including phenoxy) is 1. The van der Waals surface area contributed by atoms with Crippen molar-refractivity contribution in [2.45, 2.75) is 50.7 Å². The molecular weight excluding hydrogens is 262 g/mol. The zero-order chi connectivity index (χ0) is 15.5. The van der Waals surface area contributed by atoms with Crippen molar-refractivity contribution in [3.05, 3.63) is 29.8 Å². The summed E-state index contributed by atoms with van der Waals surface area (Å²) >= 11 is 0. The van der Waals surface area contributed by atoms with Crippen molar-refractivity contribution in [2.24, 2.45) is 5.92 Å². The molecule has 0 heterocycles. The van der Waals surface area contributed by atoms with Crippen LogP contribution < -0.4 is 4.74 Å². The highest BCUT2D eigenvalue weighted by molar-refractivity contribution is 5.34. The molecule has 2 rings (SSSR count). The van der Waals surface area contributed by atoms with Gasteiger partial charge in [0.1, 0.15) is 5.75 Å². The van der Waals surface area contributed by atoms with Gasteiger partial charge in [-0.25, -0.2) is 0 Å². The molecule has 3 heteroatoms. The van der Waals surface area contributed by atoms with E-state index in [1.807, 2.05) is 18.2 Å². The van der Waals surface area contributed by atoms with Crippen molar-refractivity contribution < 1.29 is 9.84 Å². The Morgan fingerprint density at radius 1 is 1.29 bits per heavy atom. The number of likely N-dealkylation sites (N-methyl/N-ethyl adjacent to an activating group) is 1. The van der Waals surface area contributed by atoms with E-state index in [-0.39, 0.29) is 11.6 Å². The number of methoxy groups -OCH3 is 1. The molecule has 118 valence electrons. The number of hydrogen-bond acceptors (Lipinski definition) is 3. The Hall–Kier alpha value is -1.06. The number of para-hydroxylation sites is 1. The third kappa shape index (κ3) is 3.41. The number of hydrogen-bond donors (Lipinski definition) is 1. The van der Waals surface area contributed by atoms with Gasteiger partial charge in [0.15, 0.2) is 0 Å². The van der Waals surface area contributed by atoms with Crippen molar-refractivity contribution in [3.8, 4) is 5.75 Å². The summed E-state index contributed by atoms with van der Waals surface area (Å²) < 4.78 is 5.42. The Bertz CT molecular complexity index is 450. The number of rotatable bonds is 5. The van der Waals surface area contributed by atoms with Crippen LogP contribution in [0.5, 0.6) is 5.75 Å². The average Bonchev–Trinajstić information content (AvgIpc) is 2.48. The SMILES string of the molecule is COc1ccccc1CC(O)C1(N(C)C)CCC(C)CC1. The van der Waals surface area contributed by atoms with Crippen LogP contribution in [0.1, 0.15) is 38.2 Å². The van der Waals surface area contributed by atoms with Crippen LogP contribution in [0.15, 0.2) is 24.3 Å². The molecule has 0 spiro atoms. The molecule has 1 saturated carbocycles. The second kappa shape index (κ2) is 6.80. The van der Waals surface area contributed by atoms with Crippen molar-refractivity contribution in [3.63, 3.8) is 0 Å². The van der Waals surface area contributed by atoms with Crippen LogP contribution in [0.3, 0.4) is 0 Å². The molecule has 0 radical (unpaired) electrons. The number of nitrogens with zero attached hydrogens (tertiary/aromatic N) is 1. The molecule has 1 atom stereocenters. The van der Waals surface area contributed by atoms with Crippen molar-refractivity contribution in [1.82, 2.24) is 4.90 Å². The summed E-state index contributed by atoms with van der Waals surface area (Å²) in [6.07, 6.45) is 4.81. The Kier molecular flexibility index (Phi) is 5.28. The highest BCUT2D eigenvalue weighted by Crippen LogP contribution is 2.39. The predicted octanol–water partition coefficient (Wildman–Crippen LogP) is 3.11. The lowest BCUT2D eigenvalue weighted by Gasteiger charge is -2.48. The van der Waals surface area contributed by atoms with E-state index in [0.29, 0.717) is 6.42 Å². The Morgan fingerprint density at radius 2 is 1.90 bits per heavy atom. The maximum atomic E-state index is 11.0. The lowest BCUT2D eigenvalue weighted by Crippen LogP contribution is -2.56. The maximum absolute atomic E-state index is 11.0. The molecule has 1 N–H and O–H groups in total. The molecule has 0 saturated heterocycles. The molecular formula is C18H29NO2. The van der Waals surface area contributed by atoms with Gasteiger partial charge in [-0.05, 0) is 57.3 Å². The minimum atomic E-state index is -0.365. The fraction of sp³-hybridized carbons (Fsp3) is 0.667. The summed E-state index contributed by atoms with van der Waals surface area (Å²) in [4.78, 5) is 2.24. The smallest absolute Gasteiger partial charge is 0.122 e. The van der Waals surface area contributed by atoms with Crippen molar-refractivity contribution in [2.75, 3.05) is 21.2 Å². The Labute approximate surface area is 128 Å². The molecule has 1 aliphatic rings. The number of aliphatic hydroxyl groups is 1.